The van der Waals surface area contributed by atoms with Crippen molar-refractivity contribution in [1.82, 2.24) is 10.2 Å². The lowest BCUT2D eigenvalue weighted by molar-refractivity contribution is 0.427. The second-order valence-corrected chi connectivity index (χ2v) is 7.20. The molecule has 1 heterocycles. The van der Waals surface area contributed by atoms with Gasteiger partial charge in [0, 0.05) is 17.3 Å². The molecule has 4 heteroatoms. The third kappa shape index (κ3) is 4.45. The zero-order valence-corrected chi connectivity index (χ0v) is 16.7. The number of anilines is 1. The van der Waals surface area contributed by atoms with E-state index < -0.39 is 0 Å². The smallest absolute Gasteiger partial charge is 0.243 e. The number of hydrogen-bond donors (Lipinski definition) is 0. The Hall–Kier alpha value is -2.88. The summed E-state index contributed by atoms with van der Waals surface area (Å²) in [6.45, 7) is 10.5. The molecule has 140 valence electrons. The minimum absolute atomic E-state index is 0.0131. The van der Waals surface area contributed by atoms with Gasteiger partial charge in [-0.3, -0.25) is 0 Å². The first-order valence-electron chi connectivity index (χ1n) is 9.38. The molecule has 0 amide bonds. The maximum Gasteiger partial charge on any atom is 0.243 e. The van der Waals surface area contributed by atoms with E-state index >= 15 is 0 Å². The molecule has 0 fully saturated rings. The SMILES string of the molecule is C/C(=C\c1ccc(C)cc1)c1nnc(C(C)N(c2ccccc2)C(C)C)o1. The van der Waals surface area contributed by atoms with Crippen LogP contribution in [0.25, 0.3) is 11.6 Å². The van der Waals surface area contributed by atoms with E-state index in [4.69, 9.17) is 4.42 Å². The summed E-state index contributed by atoms with van der Waals surface area (Å²) in [6.07, 6.45) is 2.07. The van der Waals surface area contributed by atoms with Gasteiger partial charge in [-0.25, -0.2) is 0 Å². The quantitative estimate of drug-likeness (QED) is 0.547. The van der Waals surface area contributed by atoms with Gasteiger partial charge >= 0.3 is 0 Å². The lowest BCUT2D eigenvalue weighted by atomic mass is 10.1. The molecule has 3 rings (SSSR count). The zero-order chi connectivity index (χ0) is 19.4. The Morgan fingerprint density at radius 2 is 1.63 bits per heavy atom. The topological polar surface area (TPSA) is 42.2 Å². The van der Waals surface area contributed by atoms with Gasteiger partial charge in [0.15, 0.2) is 0 Å². The average Bonchev–Trinajstić information content (AvgIpc) is 3.15. The van der Waals surface area contributed by atoms with Crippen LogP contribution in [-0.2, 0) is 0 Å². The Morgan fingerprint density at radius 1 is 0.963 bits per heavy atom. The molecule has 1 atom stereocenters. The normalized spacial score (nSPS) is 13.0. The second-order valence-electron chi connectivity index (χ2n) is 7.20. The van der Waals surface area contributed by atoms with Crippen LogP contribution in [0.15, 0.2) is 59.0 Å². The third-order valence-electron chi connectivity index (χ3n) is 4.62. The predicted octanol–water partition coefficient (Wildman–Crippen LogP) is 5.91. The van der Waals surface area contributed by atoms with Crippen molar-refractivity contribution in [3.63, 3.8) is 0 Å². The largest absolute Gasteiger partial charge is 0.419 e. The number of benzene rings is 2. The molecule has 0 N–H and O–H groups in total. The molecule has 0 aliphatic heterocycles. The maximum absolute atomic E-state index is 6.02. The van der Waals surface area contributed by atoms with Gasteiger partial charge in [0.05, 0.1) is 0 Å². The predicted molar refractivity (Wildman–Crippen MR) is 111 cm³/mol. The van der Waals surface area contributed by atoms with Crippen molar-refractivity contribution >= 4 is 17.3 Å². The molecule has 0 bridgehead atoms. The third-order valence-corrected chi connectivity index (χ3v) is 4.62. The summed E-state index contributed by atoms with van der Waals surface area (Å²) in [5.74, 6) is 1.19. The zero-order valence-electron chi connectivity index (χ0n) is 16.7. The molecular formula is C23H27N3O. The first kappa shape index (κ1) is 18.9. The standard InChI is InChI=1S/C23H27N3O/c1-16(2)26(21-9-7-6-8-10-21)19(5)23-25-24-22(27-23)18(4)15-20-13-11-17(3)12-14-20/h6-16,19H,1-5H3/b18-15+. The molecule has 3 aromatic rings. The Balaban J connectivity index is 1.84. The molecule has 4 nitrogen and oxygen atoms in total. The van der Waals surface area contributed by atoms with Crippen LogP contribution in [0.5, 0.6) is 0 Å². The van der Waals surface area contributed by atoms with Crippen molar-refractivity contribution in [2.24, 2.45) is 0 Å². The summed E-state index contributed by atoms with van der Waals surface area (Å²) in [6, 6.07) is 19.0. The van der Waals surface area contributed by atoms with Crippen LogP contribution < -0.4 is 4.90 Å². The Bertz CT molecular complexity index is 895. The highest BCUT2D eigenvalue weighted by Gasteiger charge is 2.24. The molecule has 0 spiro atoms. The summed E-state index contributed by atoms with van der Waals surface area (Å²) in [7, 11) is 0. The molecule has 27 heavy (non-hydrogen) atoms. The molecular weight excluding hydrogens is 334 g/mol. The summed E-state index contributed by atoms with van der Waals surface area (Å²) >= 11 is 0. The molecule has 0 radical (unpaired) electrons. The monoisotopic (exact) mass is 361 g/mol. The van der Waals surface area contributed by atoms with Crippen LogP contribution in [-0.4, -0.2) is 16.2 Å². The Morgan fingerprint density at radius 3 is 2.26 bits per heavy atom. The minimum atomic E-state index is -0.0131. The van der Waals surface area contributed by atoms with Crippen molar-refractivity contribution in [2.45, 2.75) is 46.7 Å². The van der Waals surface area contributed by atoms with Crippen LogP contribution in [0.2, 0.25) is 0 Å². The number of hydrogen-bond acceptors (Lipinski definition) is 4. The van der Waals surface area contributed by atoms with Gasteiger partial charge in [0.25, 0.3) is 0 Å². The summed E-state index contributed by atoms with van der Waals surface area (Å²) in [5, 5.41) is 8.60. The van der Waals surface area contributed by atoms with E-state index in [9.17, 15) is 0 Å². The minimum Gasteiger partial charge on any atom is -0.419 e. The average molecular weight is 361 g/mol. The maximum atomic E-state index is 6.02. The fourth-order valence-corrected chi connectivity index (χ4v) is 3.23. The molecule has 0 saturated carbocycles. The lowest BCUT2D eigenvalue weighted by Crippen LogP contribution is -2.33. The molecule has 1 aromatic heterocycles. The van der Waals surface area contributed by atoms with Gasteiger partial charge in [-0.05, 0) is 58.4 Å². The van der Waals surface area contributed by atoms with Gasteiger partial charge in [-0.2, -0.15) is 0 Å². The Kier molecular flexibility index (Phi) is 5.75. The van der Waals surface area contributed by atoms with Gasteiger partial charge < -0.3 is 9.32 Å². The van der Waals surface area contributed by atoms with E-state index in [0.717, 1.165) is 16.8 Å². The van der Waals surface area contributed by atoms with E-state index in [1.807, 2.05) is 25.1 Å². The number of para-hydroxylation sites is 1. The van der Waals surface area contributed by atoms with Crippen molar-refractivity contribution < 1.29 is 4.42 Å². The lowest BCUT2D eigenvalue weighted by Gasteiger charge is -2.33. The van der Waals surface area contributed by atoms with Gasteiger partial charge in [-0.15, -0.1) is 10.2 Å². The number of allylic oxidation sites excluding steroid dienone is 1. The van der Waals surface area contributed by atoms with Crippen LogP contribution >= 0.6 is 0 Å². The number of nitrogens with zero attached hydrogens (tertiary/aromatic N) is 3. The molecule has 0 saturated heterocycles. The van der Waals surface area contributed by atoms with Crippen LogP contribution in [0.4, 0.5) is 5.69 Å². The van der Waals surface area contributed by atoms with Gasteiger partial charge in [0.2, 0.25) is 11.8 Å². The van der Waals surface area contributed by atoms with Crippen LogP contribution in [0.1, 0.15) is 56.6 Å². The van der Waals surface area contributed by atoms with Crippen molar-refractivity contribution in [1.29, 1.82) is 0 Å². The highest BCUT2D eigenvalue weighted by Crippen LogP contribution is 2.29. The molecule has 2 aromatic carbocycles. The van der Waals surface area contributed by atoms with Gasteiger partial charge in [0.1, 0.15) is 6.04 Å². The van der Waals surface area contributed by atoms with E-state index in [0.29, 0.717) is 17.8 Å². The molecule has 0 aliphatic carbocycles. The number of rotatable bonds is 6. The number of aryl methyl sites for hydroxylation is 1. The Labute approximate surface area is 161 Å². The number of aromatic nitrogens is 2. The van der Waals surface area contributed by atoms with Crippen molar-refractivity contribution in [3.05, 3.63) is 77.5 Å². The summed E-state index contributed by atoms with van der Waals surface area (Å²) < 4.78 is 6.02. The van der Waals surface area contributed by atoms with E-state index in [2.05, 4.69) is 85.3 Å². The highest BCUT2D eigenvalue weighted by molar-refractivity contribution is 5.76. The van der Waals surface area contributed by atoms with E-state index in [-0.39, 0.29) is 6.04 Å². The fraction of sp³-hybridized carbons (Fsp3) is 0.304. The van der Waals surface area contributed by atoms with Crippen molar-refractivity contribution in [3.8, 4) is 0 Å². The van der Waals surface area contributed by atoms with Crippen LogP contribution in [0.3, 0.4) is 0 Å². The highest BCUT2D eigenvalue weighted by atomic mass is 16.4. The summed E-state index contributed by atoms with van der Waals surface area (Å²) in [5.41, 5.74) is 4.47. The first-order valence-corrected chi connectivity index (χ1v) is 9.38. The van der Waals surface area contributed by atoms with Gasteiger partial charge in [-0.1, -0.05) is 48.0 Å². The van der Waals surface area contributed by atoms with E-state index in [1.165, 1.54) is 5.56 Å². The first-order chi connectivity index (χ1) is 13.0. The molecule has 0 aliphatic rings. The molecule has 1 unspecified atom stereocenters. The summed E-state index contributed by atoms with van der Waals surface area (Å²) in [4.78, 5) is 2.29. The van der Waals surface area contributed by atoms with Crippen LogP contribution in [0, 0.1) is 6.92 Å². The van der Waals surface area contributed by atoms with Crippen molar-refractivity contribution in [2.75, 3.05) is 4.90 Å². The fourth-order valence-electron chi connectivity index (χ4n) is 3.23. The van der Waals surface area contributed by atoms with E-state index in [1.54, 1.807) is 0 Å². The second kappa shape index (κ2) is 8.21.